The molecule has 0 N–H and O–H groups in total. The lowest BCUT2D eigenvalue weighted by Gasteiger charge is -2.12. The molecule has 1 unspecified atom stereocenters. The van der Waals surface area contributed by atoms with Crippen LogP contribution >= 0.6 is 27.3 Å². The number of hydrogen-bond donors (Lipinski definition) is 0. The summed E-state index contributed by atoms with van der Waals surface area (Å²) in [5.41, 5.74) is 3.90. The molecule has 3 heteroatoms. The van der Waals surface area contributed by atoms with Crippen LogP contribution in [-0.4, -0.2) is 4.98 Å². The van der Waals surface area contributed by atoms with Gasteiger partial charge in [-0.25, -0.2) is 4.98 Å². The molecule has 0 aliphatic heterocycles. The lowest BCUT2D eigenvalue weighted by molar-refractivity contribution is 0.913. The lowest BCUT2D eigenvalue weighted by atomic mass is 10.0. The Morgan fingerprint density at radius 3 is 2.65 bits per heavy atom. The highest BCUT2D eigenvalue weighted by Crippen LogP contribution is 2.32. The molecule has 2 aromatic carbocycles. The molecule has 102 valence electrons. The molecule has 0 spiro atoms. The maximum Gasteiger partial charge on any atom is 0.0953 e. The minimum atomic E-state index is 0.333. The lowest BCUT2D eigenvalue weighted by Crippen LogP contribution is -1.99. The predicted molar refractivity (Wildman–Crippen MR) is 90.8 cm³/mol. The molecular weight excluding hydrogens is 330 g/mol. The summed E-state index contributed by atoms with van der Waals surface area (Å²) in [6, 6.07) is 17.0. The fourth-order valence-corrected chi connectivity index (χ4v) is 4.41. The molecule has 0 saturated carbocycles. The summed E-state index contributed by atoms with van der Waals surface area (Å²) in [6.07, 6.45) is 2.01. The average Bonchev–Trinajstić information content (AvgIpc) is 2.89. The zero-order chi connectivity index (χ0) is 13.9. The molecule has 0 aliphatic carbocycles. The number of thiazole rings is 1. The largest absolute Gasteiger partial charge is 0.241 e. The number of fused-ring (bicyclic) bond motifs is 1. The Bertz CT molecular complexity index is 687. The van der Waals surface area contributed by atoms with Gasteiger partial charge in [0.25, 0.3) is 0 Å². The average molecular weight is 346 g/mol. The topological polar surface area (TPSA) is 12.9 Å². The summed E-state index contributed by atoms with van der Waals surface area (Å²) >= 11 is 5.63. The Hall–Kier alpha value is -1.19. The first-order chi connectivity index (χ1) is 9.78. The summed E-state index contributed by atoms with van der Waals surface area (Å²) < 4.78 is 1.27. The zero-order valence-electron chi connectivity index (χ0n) is 11.3. The van der Waals surface area contributed by atoms with E-state index in [4.69, 9.17) is 4.98 Å². The van der Waals surface area contributed by atoms with Gasteiger partial charge in [0.15, 0.2) is 0 Å². The first kappa shape index (κ1) is 13.8. The molecule has 0 aliphatic rings. The van der Waals surface area contributed by atoms with E-state index in [9.17, 15) is 0 Å². The van der Waals surface area contributed by atoms with Crippen LogP contribution in [0.1, 0.15) is 27.9 Å². The summed E-state index contributed by atoms with van der Waals surface area (Å²) in [7, 11) is 0. The predicted octanol–water partition coefficient (Wildman–Crippen LogP) is 5.54. The highest BCUT2D eigenvalue weighted by Gasteiger charge is 2.14. The van der Waals surface area contributed by atoms with Crippen molar-refractivity contribution in [2.24, 2.45) is 0 Å². The molecule has 0 bridgehead atoms. The van der Waals surface area contributed by atoms with Gasteiger partial charge in [-0.1, -0.05) is 59.3 Å². The molecule has 0 fully saturated rings. The molecule has 1 atom stereocenters. The van der Waals surface area contributed by atoms with Gasteiger partial charge in [-0.2, -0.15) is 0 Å². The third kappa shape index (κ3) is 2.79. The van der Waals surface area contributed by atoms with Crippen LogP contribution in [-0.2, 0) is 12.8 Å². The van der Waals surface area contributed by atoms with Crippen LogP contribution in [0, 0.1) is 0 Å². The smallest absolute Gasteiger partial charge is 0.0953 e. The first-order valence-corrected chi connectivity index (χ1v) is 8.57. The van der Waals surface area contributed by atoms with Crippen LogP contribution in [0.4, 0.5) is 0 Å². The molecule has 20 heavy (non-hydrogen) atoms. The number of benzene rings is 2. The molecule has 1 nitrogen and oxygen atoms in total. The second-order valence-electron chi connectivity index (χ2n) is 4.80. The van der Waals surface area contributed by atoms with Gasteiger partial charge >= 0.3 is 0 Å². The third-order valence-electron chi connectivity index (χ3n) is 3.47. The number of alkyl halides is 1. The molecule has 3 rings (SSSR count). The summed E-state index contributed by atoms with van der Waals surface area (Å²) in [5, 5.41) is 1.19. The van der Waals surface area contributed by atoms with E-state index in [-0.39, 0.29) is 0 Å². The molecule has 0 radical (unpaired) electrons. The van der Waals surface area contributed by atoms with E-state index in [1.807, 2.05) is 6.07 Å². The van der Waals surface area contributed by atoms with Crippen molar-refractivity contribution in [3.8, 4) is 0 Å². The van der Waals surface area contributed by atoms with E-state index in [2.05, 4.69) is 65.3 Å². The fourth-order valence-electron chi connectivity index (χ4n) is 2.43. The Kier molecular flexibility index (Phi) is 4.18. The molecule has 0 saturated heterocycles. The Balaban J connectivity index is 1.86. The number of rotatable bonds is 4. The maximum atomic E-state index is 4.72. The summed E-state index contributed by atoms with van der Waals surface area (Å²) in [5.74, 6) is 0. The van der Waals surface area contributed by atoms with Crippen molar-refractivity contribution in [1.82, 2.24) is 4.98 Å². The first-order valence-electron chi connectivity index (χ1n) is 6.84. The van der Waals surface area contributed by atoms with Gasteiger partial charge in [0.05, 0.1) is 15.2 Å². The summed E-state index contributed by atoms with van der Waals surface area (Å²) in [6.45, 7) is 2.20. The van der Waals surface area contributed by atoms with Crippen molar-refractivity contribution in [3.05, 3.63) is 64.7 Å². The SMILES string of the molecule is CCc1ccccc1C(Br)Cc1nc2ccccc2s1. The molecular formula is C17H16BrNS. The van der Waals surface area contributed by atoms with Crippen LogP contribution in [0.5, 0.6) is 0 Å². The van der Waals surface area contributed by atoms with Crippen molar-refractivity contribution < 1.29 is 0 Å². The Morgan fingerprint density at radius 1 is 1.10 bits per heavy atom. The van der Waals surface area contributed by atoms with Crippen molar-refractivity contribution in [1.29, 1.82) is 0 Å². The van der Waals surface area contributed by atoms with Crippen molar-refractivity contribution >= 4 is 37.5 Å². The number of nitrogens with zero attached hydrogens (tertiary/aromatic N) is 1. The monoisotopic (exact) mass is 345 g/mol. The number of hydrogen-bond acceptors (Lipinski definition) is 2. The quantitative estimate of drug-likeness (QED) is 0.566. The van der Waals surface area contributed by atoms with Crippen LogP contribution in [0.25, 0.3) is 10.2 Å². The van der Waals surface area contributed by atoms with Crippen molar-refractivity contribution in [2.45, 2.75) is 24.6 Å². The van der Waals surface area contributed by atoms with E-state index in [1.54, 1.807) is 11.3 Å². The van der Waals surface area contributed by atoms with Crippen molar-refractivity contribution in [2.75, 3.05) is 0 Å². The van der Waals surface area contributed by atoms with E-state index in [0.717, 1.165) is 18.4 Å². The molecule has 0 amide bonds. The normalized spacial score (nSPS) is 12.7. The van der Waals surface area contributed by atoms with Gasteiger partial charge in [-0.15, -0.1) is 11.3 Å². The van der Waals surface area contributed by atoms with Crippen LogP contribution in [0.3, 0.4) is 0 Å². The molecule has 3 aromatic rings. The van der Waals surface area contributed by atoms with Gasteiger partial charge in [-0.3, -0.25) is 0 Å². The van der Waals surface area contributed by atoms with Gasteiger partial charge in [-0.05, 0) is 29.7 Å². The minimum absolute atomic E-state index is 0.333. The van der Waals surface area contributed by atoms with Gasteiger partial charge in [0.2, 0.25) is 0 Å². The standard InChI is InChI=1S/C17H16BrNS/c1-2-12-7-3-4-8-13(12)14(18)11-17-19-15-9-5-6-10-16(15)20-17/h3-10,14H,2,11H2,1H3. The van der Waals surface area contributed by atoms with Crippen LogP contribution in [0.2, 0.25) is 0 Å². The number of aromatic nitrogens is 1. The van der Waals surface area contributed by atoms with Gasteiger partial charge in [0, 0.05) is 11.2 Å². The number of para-hydroxylation sites is 1. The highest BCUT2D eigenvalue weighted by molar-refractivity contribution is 9.09. The van der Waals surface area contributed by atoms with E-state index in [0.29, 0.717) is 4.83 Å². The maximum absolute atomic E-state index is 4.72. The Labute approximate surface area is 131 Å². The van der Waals surface area contributed by atoms with Gasteiger partial charge < -0.3 is 0 Å². The number of halogens is 1. The summed E-state index contributed by atoms with van der Waals surface area (Å²) in [4.78, 5) is 5.05. The molecule has 1 heterocycles. The van der Waals surface area contributed by atoms with E-state index < -0.39 is 0 Å². The molecule has 1 aromatic heterocycles. The highest BCUT2D eigenvalue weighted by atomic mass is 79.9. The third-order valence-corrected chi connectivity index (χ3v) is 5.34. The van der Waals surface area contributed by atoms with Crippen LogP contribution in [0.15, 0.2) is 48.5 Å². The minimum Gasteiger partial charge on any atom is -0.241 e. The Morgan fingerprint density at radius 2 is 1.85 bits per heavy atom. The fraction of sp³-hybridized carbons (Fsp3) is 0.235. The van der Waals surface area contributed by atoms with Crippen molar-refractivity contribution in [3.63, 3.8) is 0 Å². The van der Waals surface area contributed by atoms with E-state index in [1.165, 1.54) is 20.8 Å². The van der Waals surface area contributed by atoms with Crippen LogP contribution < -0.4 is 0 Å². The van der Waals surface area contributed by atoms with Gasteiger partial charge in [0.1, 0.15) is 0 Å². The second kappa shape index (κ2) is 6.06. The second-order valence-corrected chi connectivity index (χ2v) is 7.02. The zero-order valence-corrected chi connectivity index (χ0v) is 13.7. The van der Waals surface area contributed by atoms with E-state index >= 15 is 0 Å². The number of aryl methyl sites for hydroxylation is 1.